The van der Waals surface area contributed by atoms with Gasteiger partial charge in [-0.3, -0.25) is 0 Å². The second-order valence-electron chi connectivity index (χ2n) is 33.1. The molecule has 18 rings (SSSR count). The summed E-state index contributed by atoms with van der Waals surface area (Å²) in [6.07, 6.45) is 6.29. The van der Waals surface area contributed by atoms with Crippen molar-refractivity contribution in [2.45, 2.75) is 288 Å². The minimum atomic E-state index is -3.10. The highest BCUT2D eigenvalue weighted by Gasteiger charge is 2.57. The molecule has 4 aromatic carbocycles. The Labute approximate surface area is 646 Å². The second kappa shape index (κ2) is 25.3. The molecule has 12 nitrogen and oxygen atoms in total. The fourth-order valence-corrected chi connectivity index (χ4v) is 19.5. The van der Waals surface area contributed by atoms with Crippen LogP contribution in [0.3, 0.4) is 0 Å². The van der Waals surface area contributed by atoms with Gasteiger partial charge in [0, 0.05) is 141 Å². The Morgan fingerprint density at radius 2 is 0.625 bits per heavy atom. The molecule has 0 N–H and O–H groups in total. The lowest BCUT2D eigenvalue weighted by atomic mass is 9.68. The van der Waals surface area contributed by atoms with Crippen molar-refractivity contribution in [2.24, 2.45) is 21.7 Å². The zero-order valence-electron chi connectivity index (χ0n) is 84.0. The van der Waals surface area contributed by atoms with Gasteiger partial charge in [-0.1, -0.05) is 114 Å². The molecule has 12 heterocycles. The maximum atomic E-state index is 9.34. The van der Waals surface area contributed by atoms with Crippen LogP contribution in [0.1, 0.15) is 261 Å². The minimum absolute atomic E-state index is 0.0926. The van der Waals surface area contributed by atoms with Crippen molar-refractivity contribution in [3.05, 3.63) is 143 Å². The third-order valence-corrected chi connectivity index (χ3v) is 24.2. The van der Waals surface area contributed by atoms with Gasteiger partial charge in [-0.25, -0.2) is 19.9 Å². The number of aromatic nitrogens is 4. The average Bonchev–Trinajstić information content (AvgIpc) is 1.51. The monoisotopic (exact) mass is 1420 g/mol. The molecule has 6 fully saturated rings. The standard InChI is InChI=1S/C25H32N2O.C24H30N2O.C22H28N2O.C21H26N2O/c1-16-9-11-19-20-12-10-17(2)26-23(20)28-22(19)21(16)27-18(3)25(15-24(27,4)5)13-7-6-8-14-25;1-16-10-11-18-19-9-8-14-25-22(19)27-21(18)20(16)26-17(2)24(15-23(26,3)4)12-6-5-7-13-24;1-13-8-10-16-17-11-9-14(2)23-20(17)25-19(16)18(13)24-15(3)21(4,5)12-22(24,6)7;1-13-9-10-15-16-8-7-11-22-19(16)24-18(15)17(13)23-14(2)20(3,4)12-21(23,5)6/h9-12,18H,6-8,13-15H2,1-5H3;8-11,14,17H,5-7,12-13,15H2,1-4H3;8-11,15H,12H2,1-7H3;7-11,14H,12H2,1-6H3/i2*15D2;4D3,5D3,12D2;3D3,4D3,12D2. The Balaban J connectivity index is 0.000000128. The van der Waals surface area contributed by atoms with Crippen LogP contribution in [0.5, 0.6) is 0 Å². The third-order valence-electron chi connectivity index (χ3n) is 24.2. The molecule has 0 amide bonds. The molecule has 12 heteroatoms. The quantitative estimate of drug-likeness (QED) is 0.167. The van der Waals surface area contributed by atoms with E-state index in [9.17, 15) is 5.48 Å². The van der Waals surface area contributed by atoms with E-state index in [4.69, 9.17) is 39.6 Å². The first-order valence-corrected chi connectivity index (χ1v) is 37.6. The summed E-state index contributed by atoms with van der Waals surface area (Å²) < 4.78 is 197. The largest absolute Gasteiger partial charge is 0.436 e. The number of aryl methyl sites for hydroxylation is 6. The van der Waals surface area contributed by atoms with E-state index in [-0.39, 0.29) is 22.9 Å². The van der Waals surface area contributed by atoms with Crippen molar-refractivity contribution in [3.63, 3.8) is 0 Å². The van der Waals surface area contributed by atoms with Crippen LogP contribution in [0.25, 0.3) is 88.3 Å². The minimum Gasteiger partial charge on any atom is -0.436 e. The number of nitrogens with zero attached hydrogens (tertiary/aromatic N) is 8. The second-order valence-corrected chi connectivity index (χ2v) is 33.1. The lowest BCUT2D eigenvalue weighted by Gasteiger charge is -2.41. The molecule has 12 aromatic rings. The van der Waals surface area contributed by atoms with Crippen LogP contribution in [0, 0.1) is 63.2 Å². The molecule has 4 aliphatic heterocycles. The van der Waals surface area contributed by atoms with E-state index >= 15 is 0 Å². The van der Waals surface area contributed by atoms with E-state index in [0.717, 1.165) is 151 Å². The molecule has 2 aliphatic carbocycles. The maximum absolute atomic E-state index is 9.34. The summed E-state index contributed by atoms with van der Waals surface area (Å²) >= 11 is 0. The number of anilines is 4. The molecule has 2 saturated carbocycles. The van der Waals surface area contributed by atoms with Gasteiger partial charge in [0.05, 0.1) is 22.7 Å². The van der Waals surface area contributed by atoms with Crippen LogP contribution in [0.2, 0.25) is 0 Å². The molecule has 8 aromatic heterocycles. The number of pyridine rings is 4. The van der Waals surface area contributed by atoms with E-state index in [2.05, 4.69) is 115 Å². The van der Waals surface area contributed by atoms with Crippen molar-refractivity contribution in [2.75, 3.05) is 19.6 Å². The van der Waals surface area contributed by atoms with Crippen LogP contribution >= 0.6 is 0 Å². The molecule has 2 spiro atoms. The van der Waals surface area contributed by atoms with Crippen LogP contribution in [-0.4, -0.2) is 66.3 Å². The maximum Gasteiger partial charge on any atom is 0.227 e. The normalized spacial score (nSPS) is 28.6. The van der Waals surface area contributed by atoms with Crippen molar-refractivity contribution in [3.8, 4) is 0 Å². The molecule has 6 aliphatic rings. The van der Waals surface area contributed by atoms with E-state index in [1.807, 2.05) is 88.4 Å². The highest BCUT2D eigenvalue weighted by atomic mass is 16.4. The number of hydrogen-bond donors (Lipinski definition) is 0. The summed E-state index contributed by atoms with van der Waals surface area (Å²) in [6, 6.07) is 29.3. The number of furan rings is 4. The van der Waals surface area contributed by atoms with Gasteiger partial charge in [0.1, 0.15) is 0 Å². The average molecular weight is 1420 g/mol. The molecular formula is C92H116N8O4. The Morgan fingerprint density at radius 3 is 0.933 bits per heavy atom. The van der Waals surface area contributed by atoms with Gasteiger partial charge in [0.2, 0.25) is 22.9 Å². The van der Waals surface area contributed by atoms with Crippen LogP contribution < -0.4 is 19.6 Å². The number of fused-ring (bicyclic) bond motifs is 12. The third kappa shape index (κ3) is 11.6. The van der Waals surface area contributed by atoms with Crippen LogP contribution in [0.15, 0.2) is 127 Å². The molecule has 4 saturated heterocycles. The summed E-state index contributed by atoms with van der Waals surface area (Å²) in [5, 5.41) is 7.21. The van der Waals surface area contributed by atoms with Gasteiger partial charge in [-0.15, -0.1) is 0 Å². The Kier molecular flexibility index (Phi) is 12.4. The first kappa shape index (κ1) is 51.2. The SMILES string of the molecule is [2H]C([2H])([2H])C1(C([2H])([2H])[2H])C(C)N(c2c(C)ccc3c2oc2nc(C)ccc23)C(C)(C)C1([2H])[2H].[2H]C([2H])([2H])C1(C([2H])([2H])[2H])C(C)N(c2c(C)ccc3c2oc2ncccc23)C(C)(C)C1([2H])[2H].[2H]C1([2H])C2(CCCCC2)C(C)N(c2c(C)ccc3c2oc2nc(C)ccc23)C1(C)C.[2H]C1([2H])C2(CCCCC2)C(C)N(c2c(C)ccc3c2oc2ncccc23)C1(C)C. The zero-order valence-corrected chi connectivity index (χ0v) is 64.0. The fourth-order valence-electron chi connectivity index (χ4n) is 19.5. The van der Waals surface area contributed by atoms with Crippen molar-refractivity contribution in [1.29, 1.82) is 0 Å². The number of benzene rings is 4. The van der Waals surface area contributed by atoms with Crippen LogP contribution in [-0.2, 0) is 0 Å². The smallest absolute Gasteiger partial charge is 0.227 e. The van der Waals surface area contributed by atoms with E-state index in [0.29, 0.717) is 45.4 Å². The first-order valence-electron chi connectivity index (χ1n) is 47.6. The Hall–Kier alpha value is -8.12. The Bertz CT molecular complexity index is 6160. The molecule has 4 atom stereocenters. The molecular weight excluding hydrogens is 1280 g/mol. The van der Waals surface area contributed by atoms with Gasteiger partial charge in [0.25, 0.3) is 0 Å². The van der Waals surface area contributed by atoms with Crippen molar-refractivity contribution in [1.82, 2.24) is 19.9 Å². The lowest BCUT2D eigenvalue weighted by Crippen LogP contribution is -2.44. The van der Waals surface area contributed by atoms with Gasteiger partial charge in [-0.2, -0.15) is 0 Å². The number of rotatable bonds is 4. The van der Waals surface area contributed by atoms with Gasteiger partial charge in [0.15, 0.2) is 22.3 Å². The highest BCUT2D eigenvalue weighted by Crippen LogP contribution is 2.60. The topological polar surface area (TPSA) is 117 Å². The molecule has 0 radical (unpaired) electrons. The fraction of sp³-hybridized carbons (Fsp3) is 0.522. The Morgan fingerprint density at radius 1 is 0.346 bits per heavy atom. The molecule has 0 bridgehead atoms. The lowest BCUT2D eigenvalue weighted by molar-refractivity contribution is 0.170. The van der Waals surface area contributed by atoms with Crippen molar-refractivity contribution < 1.29 is 45.1 Å². The summed E-state index contributed by atoms with van der Waals surface area (Å²) in [4.78, 5) is 25.7. The zero-order chi connectivity index (χ0) is 91.1. The first-order chi connectivity index (χ1) is 57.3. The van der Waals surface area contributed by atoms with Crippen molar-refractivity contribution >= 4 is 111 Å². The summed E-state index contributed by atoms with van der Waals surface area (Å²) in [7, 11) is 0. The van der Waals surface area contributed by atoms with Gasteiger partial charge < -0.3 is 37.3 Å². The van der Waals surface area contributed by atoms with Gasteiger partial charge in [-0.05, 0) is 268 Å². The molecule has 104 heavy (non-hydrogen) atoms. The predicted octanol–water partition coefficient (Wildman–Crippen LogP) is 25.2. The molecule has 548 valence electrons. The summed E-state index contributed by atoms with van der Waals surface area (Å²) in [5.74, 6) is 0. The van der Waals surface area contributed by atoms with Crippen LogP contribution in [0.4, 0.5) is 22.7 Å². The molecule has 4 unspecified atom stereocenters. The van der Waals surface area contributed by atoms with E-state index in [1.54, 1.807) is 56.0 Å². The number of hydrogen-bond acceptors (Lipinski definition) is 12. The van der Waals surface area contributed by atoms with E-state index < -0.39 is 98.0 Å². The van der Waals surface area contributed by atoms with E-state index in [1.165, 1.54) is 26.7 Å². The highest BCUT2D eigenvalue weighted by molar-refractivity contribution is 6.12. The predicted molar refractivity (Wildman–Crippen MR) is 436 cm³/mol. The van der Waals surface area contributed by atoms with Gasteiger partial charge >= 0.3 is 0 Å². The summed E-state index contributed by atoms with van der Waals surface area (Å²) in [6.45, 7) is 21.3. The summed E-state index contributed by atoms with van der Waals surface area (Å²) in [5.41, 5.74) is 2.93.